The predicted octanol–water partition coefficient (Wildman–Crippen LogP) is 5.35. The number of benzene rings is 3. The van der Waals surface area contributed by atoms with E-state index in [1.54, 1.807) is 59.5 Å². The number of carbonyl (C=O) groups is 2. The average molecular weight is 406 g/mol. The maximum atomic E-state index is 14.4. The zero-order valence-corrected chi connectivity index (χ0v) is 16.9. The number of para-hydroxylation sites is 2. The fourth-order valence-electron chi connectivity index (χ4n) is 2.97. The Morgan fingerprint density at radius 1 is 0.867 bits per heavy atom. The van der Waals surface area contributed by atoms with E-state index in [2.05, 4.69) is 5.32 Å². The van der Waals surface area contributed by atoms with E-state index >= 15 is 0 Å². The number of hydrogen-bond acceptors (Lipinski definition) is 3. The first-order chi connectivity index (χ1) is 14.5. The lowest BCUT2D eigenvalue weighted by Gasteiger charge is -2.18. The Morgan fingerprint density at radius 2 is 1.50 bits per heavy atom. The average Bonchev–Trinajstić information content (AvgIpc) is 2.77. The second-order valence-corrected chi connectivity index (χ2v) is 6.54. The van der Waals surface area contributed by atoms with Crippen LogP contribution in [0.2, 0.25) is 0 Å². The van der Waals surface area contributed by atoms with Gasteiger partial charge >= 0.3 is 0 Å². The fraction of sp³-hybridized carbons (Fsp3) is 0.167. The molecule has 0 radical (unpaired) electrons. The molecule has 1 N–H and O–H groups in total. The topological polar surface area (TPSA) is 58.6 Å². The summed E-state index contributed by atoms with van der Waals surface area (Å²) in [5, 5.41) is 2.57. The van der Waals surface area contributed by atoms with Crippen molar-refractivity contribution in [3.8, 4) is 11.5 Å². The third-order valence-electron chi connectivity index (χ3n) is 4.63. The Morgan fingerprint density at radius 3 is 2.13 bits per heavy atom. The minimum absolute atomic E-state index is 0.0466. The summed E-state index contributed by atoms with van der Waals surface area (Å²) in [6, 6.07) is 19.5. The molecule has 5 nitrogen and oxygen atoms in total. The zero-order chi connectivity index (χ0) is 21.5. The molecule has 0 aliphatic carbocycles. The lowest BCUT2D eigenvalue weighted by molar-refractivity contribution is 0.0772. The molecule has 0 atom stereocenters. The lowest BCUT2D eigenvalue weighted by Crippen LogP contribution is -2.30. The number of halogens is 1. The van der Waals surface area contributed by atoms with Gasteiger partial charge in [0, 0.05) is 24.2 Å². The second-order valence-electron chi connectivity index (χ2n) is 6.54. The first-order valence-electron chi connectivity index (χ1n) is 9.75. The van der Waals surface area contributed by atoms with Crippen LogP contribution in [0.15, 0.2) is 72.8 Å². The molecular formula is C24H23FN2O3. The van der Waals surface area contributed by atoms with Gasteiger partial charge in [-0.3, -0.25) is 9.59 Å². The maximum Gasteiger partial charge on any atom is 0.255 e. The molecule has 0 heterocycles. The van der Waals surface area contributed by atoms with Gasteiger partial charge in [-0.05, 0) is 62.4 Å². The van der Waals surface area contributed by atoms with E-state index in [-0.39, 0.29) is 17.3 Å². The summed E-state index contributed by atoms with van der Waals surface area (Å²) in [7, 11) is 0. The quantitative estimate of drug-likeness (QED) is 0.575. The Kier molecular flexibility index (Phi) is 6.80. The third-order valence-corrected chi connectivity index (χ3v) is 4.63. The molecule has 0 saturated carbocycles. The van der Waals surface area contributed by atoms with Crippen LogP contribution in [0.25, 0.3) is 0 Å². The highest BCUT2D eigenvalue weighted by Gasteiger charge is 2.17. The van der Waals surface area contributed by atoms with Gasteiger partial charge in [0.2, 0.25) is 0 Å². The van der Waals surface area contributed by atoms with Crippen molar-refractivity contribution in [3.05, 3.63) is 89.7 Å². The molecular weight excluding hydrogens is 383 g/mol. The highest BCUT2D eigenvalue weighted by atomic mass is 19.1. The smallest absolute Gasteiger partial charge is 0.255 e. The van der Waals surface area contributed by atoms with Crippen molar-refractivity contribution in [1.82, 2.24) is 4.90 Å². The van der Waals surface area contributed by atoms with Crippen LogP contribution in [0.1, 0.15) is 34.6 Å². The first kappa shape index (κ1) is 21.0. The molecule has 0 aliphatic heterocycles. The van der Waals surface area contributed by atoms with Gasteiger partial charge in [0.1, 0.15) is 11.4 Å². The van der Waals surface area contributed by atoms with E-state index < -0.39 is 11.7 Å². The summed E-state index contributed by atoms with van der Waals surface area (Å²) in [6.45, 7) is 5.03. The molecule has 2 amide bonds. The number of nitrogens with zero attached hydrogens (tertiary/aromatic N) is 1. The van der Waals surface area contributed by atoms with Gasteiger partial charge < -0.3 is 15.0 Å². The molecule has 6 heteroatoms. The van der Waals surface area contributed by atoms with Crippen molar-refractivity contribution in [2.24, 2.45) is 0 Å². The van der Waals surface area contributed by atoms with Crippen LogP contribution in [-0.4, -0.2) is 29.8 Å². The summed E-state index contributed by atoms with van der Waals surface area (Å²) >= 11 is 0. The summed E-state index contributed by atoms with van der Waals surface area (Å²) < 4.78 is 20.1. The molecule has 3 aromatic rings. The predicted molar refractivity (Wildman–Crippen MR) is 115 cm³/mol. The summed E-state index contributed by atoms with van der Waals surface area (Å²) in [6.07, 6.45) is 0. The van der Waals surface area contributed by atoms with Crippen LogP contribution in [0.4, 0.5) is 10.1 Å². The van der Waals surface area contributed by atoms with Gasteiger partial charge in [-0.2, -0.15) is 0 Å². The molecule has 0 aromatic heterocycles. The van der Waals surface area contributed by atoms with Gasteiger partial charge in [-0.1, -0.05) is 24.3 Å². The third kappa shape index (κ3) is 4.84. The molecule has 0 aliphatic rings. The highest BCUT2D eigenvalue weighted by molar-refractivity contribution is 6.05. The summed E-state index contributed by atoms with van der Waals surface area (Å²) in [5.74, 6) is -0.481. The van der Waals surface area contributed by atoms with E-state index in [9.17, 15) is 14.0 Å². The maximum absolute atomic E-state index is 14.4. The van der Waals surface area contributed by atoms with Crippen LogP contribution in [0, 0.1) is 5.82 Å². The molecule has 3 rings (SSSR count). The van der Waals surface area contributed by atoms with E-state index in [0.717, 1.165) is 0 Å². The van der Waals surface area contributed by atoms with Crippen LogP contribution in [0.5, 0.6) is 11.5 Å². The largest absolute Gasteiger partial charge is 0.455 e. The Labute approximate surface area is 175 Å². The minimum Gasteiger partial charge on any atom is -0.455 e. The van der Waals surface area contributed by atoms with E-state index in [4.69, 9.17) is 4.74 Å². The van der Waals surface area contributed by atoms with Crippen molar-refractivity contribution in [1.29, 1.82) is 0 Å². The Balaban J connectivity index is 1.78. The van der Waals surface area contributed by atoms with Crippen molar-refractivity contribution in [2.75, 3.05) is 18.4 Å². The molecule has 154 valence electrons. The van der Waals surface area contributed by atoms with Crippen LogP contribution < -0.4 is 10.1 Å². The van der Waals surface area contributed by atoms with E-state index in [1.807, 2.05) is 19.9 Å². The van der Waals surface area contributed by atoms with Gasteiger partial charge in [-0.25, -0.2) is 4.39 Å². The molecule has 0 bridgehead atoms. The monoisotopic (exact) mass is 406 g/mol. The zero-order valence-electron chi connectivity index (χ0n) is 16.9. The number of hydrogen-bond donors (Lipinski definition) is 1. The van der Waals surface area contributed by atoms with Gasteiger partial charge in [0.15, 0.2) is 11.6 Å². The number of nitrogens with one attached hydrogen (secondary N) is 1. The molecule has 0 spiro atoms. The number of carbonyl (C=O) groups excluding carboxylic acids is 2. The SMILES string of the molecule is CCN(CC)C(=O)c1ccc(C(=O)Nc2c(F)cccc2Oc2ccccc2)cc1. The van der Waals surface area contributed by atoms with Gasteiger partial charge in [0.05, 0.1) is 0 Å². The summed E-state index contributed by atoms with van der Waals surface area (Å²) in [5.41, 5.74) is 0.754. The number of rotatable bonds is 7. The van der Waals surface area contributed by atoms with Crippen molar-refractivity contribution < 1.29 is 18.7 Å². The van der Waals surface area contributed by atoms with E-state index in [1.165, 1.54) is 12.1 Å². The fourth-order valence-corrected chi connectivity index (χ4v) is 2.97. The molecule has 30 heavy (non-hydrogen) atoms. The number of anilines is 1. The number of ether oxygens (including phenoxy) is 1. The Bertz CT molecular complexity index is 1020. The molecule has 0 fully saturated rings. The van der Waals surface area contributed by atoms with Crippen LogP contribution in [-0.2, 0) is 0 Å². The van der Waals surface area contributed by atoms with Gasteiger partial charge in [0.25, 0.3) is 11.8 Å². The van der Waals surface area contributed by atoms with Crippen molar-refractivity contribution in [3.63, 3.8) is 0 Å². The lowest BCUT2D eigenvalue weighted by atomic mass is 10.1. The Hall–Kier alpha value is -3.67. The van der Waals surface area contributed by atoms with Crippen molar-refractivity contribution >= 4 is 17.5 Å². The standard InChI is InChI=1S/C24H23FN2O3/c1-3-27(4-2)24(29)18-15-13-17(14-16-18)23(28)26-22-20(25)11-8-12-21(22)30-19-9-6-5-7-10-19/h5-16H,3-4H2,1-2H3,(H,26,28). The van der Waals surface area contributed by atoms with E-state index in [0.29, 0.717) is 30.0 Å². The van der Waals surface area contributed by atoms with Crippen LogP contribution >= 0.6 is 0 Å². The van der Waals surface area contributed by atoms with Gasteiger partial charge in [-0.15, -0.1) is 0 Å². The first-order valence-corrected chi connectivity index (χ1v) is 9.75. The molecule has 3 aromatic carbocycles. The van der Waals surface area contributed by atoms with Crippen molar-refractivity contribution in [2.45, 2.75) is 13.8 Å². The second kappa shape index (κ2) is 9.69. The minimum atomic E-state index is -0.606. The number of amides is 2. The summed E-state index contributed by atoms with van der Waals surface area (Å²) in [4.78, 5) is 26.8. The molecule has 0 saturated heterocycles. The highest BCUT2D eigenvalue weighted by Crippen LogP contribution is 2.32. The normalized spacial score (nSPS) is 10.4. The molecule has 0 unspecified atom stereocenters. The van der Waals surface area contributed by atoms with Crippen LogP contribution in [0.3, 0.4) is 0 Å².